The number of amides is 1. The predicted octanol–water partition coefficient (Wildman–Crippen LogP) is 3.35. The maximum atomic E-state index is 12.2. The summed E-state index contributed by atoms with van der Waals surface area (Å²) in [5.74, 6) is 1.34. The number of piperidine rings is 3. The molecular weight excluding hydrogens is 402 g/mol. The maximum Gasteiger partial charge on any atom is 0.287 e. The molecule has 0 saturated carbocycles. The second kappa shape index (κ2) is 8.47. The minimum atomic E-state index is -0.134. The average molecular weight is 434 g/mol. The van der Waals surface area contributed by atoms with Gasteiger partial charge in [-0.15, -0.1) is 0 Å². The van der Waals surface area contributed by atoms with E-state index in [0.717, 1.165) is 30.8 Å². The molecule has 2 aromatic heterocycles. The van der Waals surface area contributed by atoms with Crippen LogP contribution in [0, 0.1) is 5.92 Å². The Morgan fingerprint density at radius 1 is 1.25 bits per heavy atom. The predicted molar refractivity (Wildman–Crippen MR) is 125 cm³/mol. The van der Waals surface area contributed by atoms with Crippen LogP contribution in [0.3, 0.4) is 0 Å². The Morgan fingerprint density at radius 2 is 2.06 bits per heavy atom. The molecule has 3 fully saturated rings. The molecule has 2 bridgehead atoms. The molecule has 0 radical (unpaired) electrons. The van der Waals surface area contributed by atoms with Gasteiger partial charge in [0.25, 0.3) is 5.91 Å². The molecule has 7 heteroatoms. The number of rotatable bonds is 6. The number of nitrogens with zero attached hydrogens (tertiary/aromatic N) is 4. The Balaban J connectivity index is 1.26. The van der Waals surface area contributed by atoms with Crippen molar-refractivity contribution in [1.29, 1.82) is 0 Å². The number of aryl methyl sites for hydroxylation is 1. The van der Waals surface area contributed by atoms with Crippen molar-refractivity contribution in [3.8, 4) is 11.3 Å². The standard InChI is InChI=1S/C25H31N5O2/c1-28(2)19-8-6-17(7-9-19)22-14-23(29(3)27-22)21-16-30-11-10-18(21)13-20(30)15-26-25(31)24-5-4-12-32-24/h4-9,12,14,18,20-21H,10-11,13,15-16H2,1-3H3,(H,26,31)/t18-,20+,21-/m0/s1. The molecule has 3 aliphatic rings. The molecule has 0 spiro atoms. The maximum absolute atomic E-state index is 12.2. The minimum absolute atomic E-state index is 0.134. The third kappa shape index (κ3) is 3.93. The highest BCUT2D eigenvalue weighted by atomic mass is 16.3. The number of aromatic nitrogens is 2. The quantitative estimate of drug-likeness (QED) is 0.646. The van der Waals surface area contributed by atoms with Crippen LogP contribution in [0.25, 0.3) is 11.3 Å². The highest BCUT2D eigenvalue weighted by molar-refractivity contribution is 5.91. The van der Waals surface area contributed by atoms with Gasteiger partial charge in [-0.05, 0) is 55.6 Å². The number of carbonyl (C=O) groups excluding carboxylic acids is 1. The topological polar surface area (TPSA) is 66.5 Å². The number of furan rings is 1. The Labute approximate surface area is 189 Å². The molecule has 1 amide bonds. The van der Waals surface area contributed by atoms with E-state index in [2.05, 4.69) is 71.3 Å². The van der Waals surface area contributed by atoms with E-state index in [0.29, 0.717) is 30.2 Å². The highest BCUT2D eigenvalue weighted by Gasteiger charge is 2.41. The molecule has 3 aliphatic heterocycles. The van der Waals surface area contributed by atoms with Crippen LogP contribution >= 0.6 is 0 Å². The number of carbonyl (C=O) groups is 1. The minimum Gasteiger partial charge on any atom is -0.459 e. The zero-order valence-electron chi connectivity index (χ0n) is 19.0. The smallest absolute Gasteiger partial charge is 0.287 e. The van der Waals surface area contributed by atoms with E-state index in [1.165, 1.54) is 24.1 Å². The van der Waals surface area contributed by atoms with Crippen molar-refractivity contribution >= 4 is 11.6 Å². The SMILES string of the molecule is CN(C)c1ccc(-c2cc([C@H]3CN4CC[C@H]3C[C@@H]4CNC(=O)c3ccco3)n(C)n2)cc1. The molecule has 0 aliphatic carbocycles. The van der Waals surface area contributed by atoms with E-state index in [1.54, 1.807) is 12.1 Å². The van der Waals surface area contributed by atoms with Crippen molar-refractivity contribution in [2.24, 2.45) is 13.0 Å². The first-order valence-electron chi connectivity index (χ1n) is 11.4. The van der Waals surface area contributed by atoms with Gasteiger partial charge in [-0.1, -0.05) is 12.1 Å². The van der Waals surface area contributed by atoms with Gasteiger partial charge in [0, 0.05) is 63.1 Å². The number of hydrogen-bond donors (Lipinski definition) is 1. The van der Waals surface area contributed by atoms with Crippen molar-refractivity contribution in [2.45, 2.75) is 24.8 Å². The monoisotopic (exact) mass is 433 g/mol. The van der Waals surface area contributed by atoms with Crippen LogP contribution in [0.15, 0.2) is 53.1 Å². The fraction of sp³-hybridized carbons (Fsp3) is 0.440. The van der Waals surface area contributed by atoms with Gasteiger partial charge in [-0.2, -0.15) is 5.10 Å². The lowest BCUT2D eigenvalue weighted by atomic mass is 9.74. The Bertz CT molecular complexity index is 1070. The van der Waals surface area contributed by atoms with Crippen molar-refractivity contribution in [3.63, 3.8) is 0 Å². The molecule has 168 valence electrons. The number of benzene rings is 1. The molecule has 7 nitrogen and oxygen atoms in total. The molecule has 3 aromatic rings. The molecule has 1 N–H and O–H groups in total. The largest absolute Gasteiger partial charge is 0.459 e. The Morgan fingerprint density at radius 3 is 2.72 bits per heavy atom. The van der Waals surface area contributed by atoms with Gasteiger partial charge in [0.1, 0.15) is 0 Å². The Hall–Kier alpha value is -3.06. The number of anilines is 1. The molecule has 1 aromatic carbocycles. The molecule has 32 heavy (non-hydrogen) atoms. The van der Waals surface area contributed by atoms with Gasteiger partial charge < -0.3 is 14.6 Å². The summed E-state index contributed by atoms with van der Waals surface area (Å²) < 4.78 is 7.27. The summed E-state index contributed by atoms with van der Waals surface area (Å²) in [4.78, 5) is 16.9. The third-order valence-electron chi connectivity index (χ3n) is 7.10. The van der Waals surface area contributed by atoms with Crippen LogP contribution in [-0.4, -0.2) is 60.4 Å². The first-order chi connectivity index (χ1) is 15.5. The van der Waals surface area contributed by atoms with E-state index in [4.69, 9.17) is 9.52 Å². The average Bonchev–Trinajstić information content (AvgIpc) is 3.48. The summed E-state index contributed by atoms with van der Waals surface area (Å²) in [7, 11) is 6.17. The normalized spacial score (nSPS) is 24.5. The third-order valence-corrected chi connectivity index (χ3v) is 7.10. The van der Waals surface area contributed by atoms with Crippen molar-refractivity contribution < 1.29 is 9.21 Å². The second-order valence-corrected chi connectivity index (χ2v) is 9.25. The second-order valence-electron chi connectivity index (χ2n) is 9.25. The van der Waals surface area contributed by atoms with Gasteiger partial charge in [0.05, 0.1) is 12.0 Å². The fourth-order valence-electron chi connectivity index (χ4n) is 5.29. The summed E-state index contributed by atoms with van der Waals surface area (Å²) in [6.07, 6.45) is 3.83. The first kappa shape index (κ1) is 20.8. The Kier molecular flexibility index (Phi) is 5.51. The van der Waals surface area contributed by atoms with E-state index >= 15 is 0 Å². The summed E-state index contributed by atoms with van der Waals surface area (Å²) in [5, 5.41) is 7.89. The van der Waals surface area contributed by atoms with Crippen molar-refractivity contribution in [1.82, 2.24) is 20.0 Å². The summed E-state index contributed by atoms with van der Waals surface area (Å²) >= 11 is 0. The van der Waals surface area contributed by atoms with Crippen molar-refractivity contribution in [3.05, 3.63) is 60.2 Å². The lowest BCUT2D eigenvalue weighted by Gasteiger charge is -2.49. The zero-order valence-corrected chi connectivity index (χ0v) is 19.0. The van der Waals surface area contributed by atoms with Crippen LogP contribution in [0.4, 0.5) is 5.69 Å². The number of fused-ring (bicyclic) bond motifs is 3. The van der Waals surface area contributed by atoms with E-state index < -0.39 is 0 Å². The van der Waals surface area contributed by atoms with Crippen molar-refractivity contribution in [2.75, 3.05) is 38.6 Å². The van der Waals surface area contributed by atoms with Crippen LogP contribution in [0.1, 0.15) is 35.0 Å². The van der Waals surface area contributed by atoms with Crippen LogP contribution in [-0.2, 0) is 7.05 Å². The molecular formula is C25H31N5O2. The van der Waals surface area contributed by atoms with Gasteiger partial charge in [0.15, 0.2) is 5.76 Å². The van der Waals surface area contributed by atoms with Gasteiger partial charge in [-0.3, -0.25) is 14.4 Å². The summed E-state index contributed by atoms with van der Waals surface area (Å²) in [6, 6.07) is 14.7. The van der Waals surface area contributed by atoms with Gasteiger partial charge in [-0.25, -0.2) is 0 Å². The summed E-state index contributed by atoms with van der Waals surface area (Å²) in [5.41, 5.74) is 4.68. The molecule has 4 atom stereocenters. The van der Waals surface area contributed by atoms with E-state index in [1.807, 2.05) is 0 Å². The first-order valence-corrected chi connectivity index (χ1v) is 11.4. The van der Waals surface area contributed by atoms with Crippen LogP contribution < -0.4 is 10.2 Å². The molecule has 1 unspecified atom stereocenters. The van der Waals surface area contributed by atoms with Crippen LogP contribution in [0.2, 0.25) is 0 Å². The number of hydrogen-bond acceptors (Lipinski definition) is 5. The molecule has 5 heterocycles. The fourth-order valence-corrected chi connectivity index (χ4v) is 5.29. The van der Waals surface area contributed by atoms with E-state index in [-0.39, 0.29) is 5.91 Å². The van der Waals surface area contributed by atoms with Gasteiger partial charge in [0.2, 0.25) is 0 Å². The number of nitrogens with one attached hydrogen (secondary N) is 1. The molecule has 6 rings (SSSR count). The van der Waals surface area contributed by atoms with E-state index in [9.17, 15) is 4.79 Å². The molecule has 3 saturated heterocycles. The zero-order chi connectivity index (χ0) is 22.2. The van der Waals surface area contributed by atoms with Gasteiger partial charge >= 0.3 is 0 Å². The lowest BCUT2D eigenvalue weighted by Crippen LogP contribution is -2.56. The highest BCUT2D eigenvalue weighted by Crippen LogP contribution is 2.42. The van der Waals surface area contributed by atoms with Crippen LogP contribution in [0.5, 0.6) is 0 Å². The summed E-state index contributed by atoms with van der Waals surface area (Å²) in [6.45, 7) is 2.78. The lowest BCUT2D eigenvalue weighted by molar-refractivity contribution is 0.0278.